The van der Waals surface area contributed by atoms with E-state index < -0.39 is 10.8 Å². The van der Waals surface area contributed by atoms with Gasteiger partial charge in [-0.15, -0.1) is 0 Å². The highest BCUT2D eigenvalue weighted by Gasteiger charge is 2.19. The number of fused-ring (bicyclic) bond motifs is 1. The molecule has 0 amide bonds. The molecular weight excluding hydrogens is 294 g/mol. The molecule has 5 heteroatoms. The summed E-state index contributed by atoms with van der Waals surface area (Å²) in [7, 11) is 1.36. The minimum absolute atomic E-state index is 0.568. The second-order valence-corrected chi connectivity index (χ2v) is 7.91. The topological polar surface area (TPSA) is 44.4 Å². The van der Waals surface area contributed by atoms with E-state index >= 15 is 0 Å². The summed E-state index contributed by atoms with van der Waals surface area (Å²) in [4.78, 5) is 3.40. The molecule has 3 rings (SSSR count). The van der Waals surface area contributed by atoms with Crippen LogP contribution in [0.25, 0.3) is 0 Å². The summed E-state index contributed by atoms with van der Waals surface area (Å²) < 4.78 is 11.8. The van der Waals surface area contributed by atoms with Gasteiger partial charge in [-0.1, -0.05) is 6.07 Å². The molecule has 1 aliphatic heterocycles. The maximum absolute atomic E-state index is 11.8. The third-order valence-electron chi connectivity index (χ3n) is 4.44. The van der Waals surface area contributed by atoms with Crippen LogP contribution in [0.3, 0.4) is 0 Å². The maximum atomic E-state index is 11.8. The summed E-state index contributed by atoms with van der Waals surface area (Å²) in [6.07, 6.45) is 6.23. The Morgan fingerprint density at radius 1 is 1.32 bits per heavy atom. The summed E-state index contributed by atoms with van der Waals surface area (Å²) in [5.74, 6) is 0.568. The molecule has 1 heterocycles. The molecule has 1 unspecified atom stereocenters. The van der Waals surface area contributed by atoms with Crippen LogP contribution in [0.5, 0.6) is 0 Å². The lowest BCUT2D eigenvalue weighted by atomic mass is 10.1. The normalized spacial score (nSPS) is 20.2. The van der Waals surface area contributed by atoms with Crippen LogP contribution >= 0.6 is 0 Å². The number of rotatable bonds is 9. The number of benzene rings is 1. The van der Waals surface area contributed by atoms with Crippen molar-refractivity contribution >= 4 is 16.5 Å². The number of likely N-dealkylation sites (N-methyl/N-ethyl adjacent to an activating group) is 1. The summed E-state index contributed by atoms with van der Waals surface area (Å²) in [5, 5.41) is 6.73. The van der Waals surface area contributed by atoms with E-state index in [0.717, 1.165) is 42.7 Å². The average Bonchev–Trinajstić information content (AvgIpc) is 3.27. The Kier molecular flexibility index (Phi) is 5.50. The van der Waals surface area contributed by atoms with Gasteiger partial charge in [-0.05, 0) is 63.4 Å². The lowest BCUT2D eigenvalue weighted by Crippen LogP contribution is -2.30. The van der Waals surface area contributed by atoms with Gasteiger partial charge in [-0.25, -0.2) is 0 Å². The largest absolute Gasteiger partial charge is 0.372 e. The highest BCUT2D eigenvalue weighted by Crippen LogP contribution is 2.27. The van der Waals surface area contributed by atoms with Crippen molar-refractivity contribution in [2.45, 2.75) is 43.0 Å². The average molecular weight is 321 g/mol. The van der Waals surface area contributed by atoms with Crippen LogP contribution in [-0.4, -0.2) is 47.7 Å². The van der Waals surface area contributed by atoms with Crippen molar-refractivity contribution < 1.29 is 4.21 Å². The van der Waals surface area contributed by atoms with Crippen LogP contribution in [0.15, 0.2) is 23.1 Å². The fraction of sp³-hybridized carbons (Fsp3) is 0.647. The molecule has 4 nitrogen and oxygen atoms in total. The van der Waals surface area contributed by atoms with Gasteiger partial charge in [0.05, 0.1) is 27.3 Å². The number of anilines is 1. The number of aryl methyl sites for hydroxylation is 1. The minimum atomic E-state index is -0.852. The van der Waals surface area contributed by atoms with Crippen molar-refractivity contribution in [3.63, 3.8) is 0 Å². The molecule has 0 spiro atoms. The van der Waals surface area contributed by atoms with E-state index in [1.54, 1.807) is 0 Å². The number of nitrogens with one attached hydrogen (secondary N) is 2. The number of nitrogens with zero attached hydrogens (tertiary/aromatic N) is 1. The Morgan fingerprint density at radius 3 is 3.00 bits per heavy atom. The van der Waals surface area contributed by atoms with Crippen molar-refractivity contribution in [3.05, 3.63) is 23.8 Å². The fourth-order valence-electron chi connectivity index (χ4n) is 2.85. The van der Waals surface area contributed by atoms with Crippen molar-refractivity contribution in [3.8, 4) is 0 Å². The molecule has 0 radical (unpaired) electrons. The van der Waals surface area contributed by atoms with Crippen molar-refractivity contribution in [1.29, 1.82) is 0 Å². The van der Waals surface area contributed by atoms with Gasteiger partial charge in [-0.3, -0.25) is 4.21 Å². The van der Waals surface area contributed by atoms with Crippen LogP contribution < -0.4 is 10.6 Å². The highest BCUT2D eigenvalue weighted by atomic mass is 32.2. The van der Waals surface area contributed by atoms with Crippen LogP contribution in [0.4, 0.5) is 5.69 Å². The molecule has 2 N–H and O–H groups in total. The molecule has 1 aromatic carbocycles. The Bertz CT molecular complexity index is 531. The van der Waals surface area contributed by atoms with Gasteiger partial charge in [0.1, 0.15) is 0 Å². The van der Waals surface area contributed by atoms with Gasteiger partial charge >= 0.3 is 0 Å². The molecule has 22 heavy (non-hydrogen) atoms. The molecule has 0 aromatic heterocycles. The van der Waals surface area contributed by atoms with E-state index in [-0.39, 0.29) is 0 Å². The van der Waals surface area contributed by atoms with E-state index in [9.17, 15) is 4.21 Å². The van der Waals surface area contributed by atoms with Crippen LogP contribution in [0, 0.1) is 0 Å². The molecule has 2 aliphatic rings. The molecule has 1 aliphatic carbocycles. The molecular formula is C17H27N3OS. The maximum Gasteiger partial charge on any atom is 0.0959 e. The monoisotopic (exact) mass is 321 g/mol. The Balaban J connectivity index is 1.32. The van der Waals surface area contributed by atoms with Crippen LogP contribution in [0.2, 0.25) is 0 Å². The predicted molar refractivity (Wildman–Crippen MR) is 92.8 cm³/mol. The predicted octanol–water partition coefficient (Wildman–Crippen LogP) is 2.18. The summed E-state index contributed by atoms with van der Waals surface area (Å²) in [6, 6.07) is 7.17. The zero-order chi connectivity index (χ0) is 15.4. The molecule has 1 fully saturated rings. The Labute approximate surface area is 136 Å². The standard InChI is InChI=1S/C17H27N3OS/c1-20(11-9-18-15-6-7-15)10-3-2-4-14-5-8-16-17(12-14)22(21)13-19-16/h5,8,12,15,18-19H,2-4,6-7,9-11,13H2,1H3. The van der Waals surface area contributed by atoms with Gasteiger partial charge in [0.25, 0.3) is 0 Å². The minimum Gasteiger partial charge on any atom is -0.372 e. The smallest absolute Gasteiger partial charge is 0.0959 e. The van der Waals surface area contributed by atoms with Crippen LogP contribution in [-0.2, 0) is 17.2 Å². The zero-order valence-electron chi connectivity index (χ0n) is 13.4. The third kappa shape index (κ3) is 4.54. The lowest BCUT2D eigenvalue weighted by Gasteiger charge is -2.16. The zero-order valence-corrected chi connectivity index (χ0v) is 14.3. The summed E-state index contributed by atoms with van der Waals surface area (Å²) in [5.41, 5.74) is 2.36. The summed E-state index contributed by atoms with van der Waals surface area (Å²) >= 11 is 0. The first-order valence-corrected chi connectivity index (χ1v) is 9.71. The molecule has 1 aromatic rings. The van der Waals surface area contributed by atoms with E-state index in [0.29, 0.717) is 5.88 Å². The SMILES string of the molecule is CN(CCCCc1ccc2c(c1)S(=O)CN2)CCNC1CC1. The van der Waals surface area contributed by atoms with Gasteiger partial charge < -0.3 is 15.5 Å². The third-order valence-corrected chi connectivity index (χ3v) is 5.68. The van der Waals surface area contributed by atoms with Gasteiger partial charge in [-0.2, -0.15) is 0 Å². The van der Waals surface area contributed by atoms with Crippen LogP contribution in [0.1, 0.15) is 31.2 Å². The Morgan fingerprint density at radius 2 is 2.18 bits per heavy atom. The molecule has 0 bridgehead atoms. The first kappa shape index (κ1) is 16.0. The van der Waals surface area contributed by atoms with E-state index in [1.807, 2.05) is 0 Å². The molecule has 0 saturated heterocycles. The highest BCUT2D eigenvalue weighted by molar-refractivity contribution is 7.85. The first-order valence-electron chi connectivity index (χ1n) is 8.39. The Hall–Kier alpha value is -0.910. The van der Waals surface area contributed by atoms with Crippen molar-refractivity contribution in [2.75, 3.05) is 37.9 Å². The second-order valence-electron chi connectivity index (χ2n) is 6.49. The molecule has 1 saturated carbocycles. The van der Waals surface area contributed by atoms with Crippen molar-refractivity contribution in [2.24, 2.45) is 0 Å². The number of hydrogen-bond acceptors (Lipinski definition) is 4. The first-order chi connectivity index (χ1) is 10.7. The van der Waals surface area contributed by atoms with Gasteiger partial charge in [0.2, 0.25) is 0 Å². The second kappa shape index (κ2) is 7.57. The van der Waals surface area contributed by atoms with Crippen molar-refractivity contribution in [1.82, 2.24) is 10.2 Å². The molecule has 1 atom stereocenters. The van der Waals surface area contributed by atoms with Gasteiger partial charge in [0.15, 0.2) is 0 Å². The summed E-state index contributed by atoms with van der Waals surface area (Å²) in [6.45, 7) is 3.41. The van der Waals surface area contributed by atoms with E-state index in [1.165, 1.54) is 31.2 Å². The van der Waals surface area contributed by atoms with E-state index in [2.05, 4.69) is 40.8 Å². The number of hydrogen-bond donors (Lipinski definition) is 2. The molecule has 122 valence electrons. The fourth-order valence-corrected chi connectivity index (χ4v) is 3.96. The van der Waals surface area contributed by atoms with E-state index in [4.69, 9.17) is 0 Å². The lowest BCUT2D eigenvalue weighted by molar-refractivity contribution is 0.323. The van der Waals surface area contributed by atoms with Gasteiger partial charge in [0, 0.05) is 19.1 Å². The number of unbranched alkanes of at least 4 members (excludes halogenated alkanes) is 1. The quantitative estimate of drug-likeness (QED) is 0.684.